The summed E-state index contributed by atoms with van der Waals surface area (Å²) in [5.74, 6) is 0.0855. The lowest BCUT2D eigenvalue weighted by Gasteiger charge is -2.04. The SMILES string of the molecule is Nc1ccc(CC(=O)c2ccc3cccnc3c2)cc1. The lowest BCUT2D eigenvalue weighted by atomic mass is 10.0. The molecule has 1 aromatic heterocycles. The molecule has 3 nitrogen and oxygen atoms in total. The molecule has 0 saturated heterocycles. The van der Waals surface area contributed by atoms with Crippen molar-refractivity contribution < 1.29 is 4.79 Å². The molecule has 2 N–H and O–H groups in total. The van der Waals surface area contributed by atoms with Crippen LogP contribution in [0.3, 0.4) is 0 Å². The Bertz CT molecular complexity index is 763. The minimum absolute atomic E-state index is 0.0855. The van der Waals surface area contributed by atoms with Gasteiger partial charge in [0.25, 0.3) is 0 Å². The molecule has 0 aliphatic carbocycles. The van der Waals surface area contributed by atoms with Gasteiger partial charge in [-0.05, 0) is 29.8 Å². The smallest absolute Gasteiger partial charge is 0.167 e. The van der Waals surface area contributed by atoms with E-state index in [0.29, 0.717) is 17.7 Å². The lowest BCUT2D eigenvalue weighted by Crippen LogP contribution is -2.03. The molecule has 0 atom stereocenters. The number of rotatable bonds is 3. The van der Waals surface area contributed by atoms with Gasteiger partial charge < -0.3 is 5.73 Å². The van der Waals surface area contributed by atoms with Crippen LogP contribution in [-0.2, 0) is 6.42 Å². The number of hydrogen-bond acceptors (Lipinski definition) is 3. The second-order valence-electron chi connectivity index (χ2n) is 4.75. The summed E-state index contributed by atoms with van der Waals surface area (Å²) in [6.07, 6.45) is 2.11. The molecule has 3 rings (SSSR count). The molecule has 0 bridgehead atoms. The quantitative estimate of drug-likeness (QED) is 0.582. The molecule has 0 radical (unpaired) electrons. The Morgan fingerprint density at radius 1 is 1.05 bits per heavy atom. The van der Waals surface area contributed by atoms with E-state index in [0.717, 1.165) is 16.5 Å². The van der Waals surface area contributed by atoms with Crippen molar-refractivity contribution in [1.29, 1.82) is 0 Å². The molecule has 2 aromatic carbocycles. The van der Waals surface area contributed by atoms with Crippen LogP contribution in [0.15, 0.2) is 60.8 Å². The number of anilines is 1. The molecule has 0 aliphatic rings. The maximum atomic E-state index is 12.3. The van der Waals surface area contributed by atoms with E-state index in [9.17, 15) is 4.79 Å². The maximum absolute atomic E-state index is 12.3. The van der Waals surface area contributed by atoms with Crippen LogP contribution in [0.2, 0.25) is 0 Å². The molecular formula is C17H14N2O. The number of nitrogens with zero attached hydrogens (tertiary/aromatic N) is 1. The fourth-order valence-corrected chi connectivity index (χ4v) is 2.16. The van der Waals surface area contributed by atoms with Crippen molar-refractivity contribution in [2.75, 3.05) is 5.73 Å². The highest BCUT2D eigenvalue weighted by atomic mass is 16.1. The van der Waals surface area contributed by atoms with Crippen molar-refractivity contribution in [3.8, 4) is 0 Å². The number of fused-ring (bicyclic) bond motifs is 1. The van der Waals surface area contributed by atoms with Crippen LogP contribution in [0.25, 0.3) is 10.9 Å². The molecular weight excluding hydrogens is 248 g/mol. The summed E-state index contributed by atoms with van der Waals surface area (Å²) < 4.78 is 0. The molecule has 3 heteroatoms. The van der Waals surface area contributed by atoms with E-state index >= 15 is 0 Å². The van der Waals surface area contributed by atoms with E-state index in [4.69, 9.17) is 5.73 Å². The average Bonchev–Trinajstić information content (AvgIpc) is 2.49. The number of hydrogen-bond donors (Lipinski definition) is 1. The van der Waals surface area contributed by atoms with Gasteiger partial charge in [0.15, 0.2) is 5.78 Å². The summed E-state index contributed by atoms with van der Waals surface area (Å²) in [6.45, 7) is 0. The molecule has 0 unspecified atom stereocenters. The third-order valence-corrected chi connectivity index (χ3v) is 3.27. The Hall–Kier alpha value is -2.68. The first kappa shape index (κ1) is 12.4. The van der Waals surface area contributed by atoms with Crippen LogP contribution in [0.5, 0.6) is 0 Å². The normalized spacial score (nSPS) is 10.6. The monoisotopic (exact) mass is 262 g/mol. The van der Waals surface area contributed by atoms with Crippen LogP contribution in [-0.4, -0.2) is 10.8 Å². The minimum Gasteiger partial charge on any atom is -0.399 e. The van der Waals surface area contributed by atoms with Gasteiger partial charge >= 0.3 is 0 Å². The third-order valence-electron chi connectivity index (χ3n) is 3.27. The van der Waals surface area contributed by atoms with Gasteiger partial charge in [-0.2, -0.15) is 0 Å². The average molecular weight is 262 g/mol. The number of pyridine rings is 1. The van der Waals surface area contributed by atoms with Gasteiger partial charge in [0.2, 0.25) is 0 Å². The predicted octanol–water partition coefficient (Wildman–Crippen LogP) is 3.24. The van der Waals surface area contributed by atoms with Crippen molar-refractivity contribution in [2.45, 2.75) is 6.42 Å². The summed E-state index contributed by atoms with van der Waals surface area (Å²) in [5, 5.41) is 1.04. The molecule has 0 fully saturated rings. The predicted molar refractivity (Wildman–Crippen MR) is 80.6 cm³/mol. The highest BCUT2D eigenvalue weighted by Gasteiger charge is 2.08. The summed E-state index contributed by atoms with van der Waals surface area (Å²) in [5.41, 5.74) is 8.84. The van der Waals surface area contributed by atoms with Crippen molar-refractivity contribution in [3.05, 3.63) is 71.9 Å². The Morgan fingerprint density at radius 2 is 1.85 bits per heavy atom. The first-order valence-electron chi connectivity index (χ1n) is 6.45. The Kier molecular flexibility index (Phi) is 3.17. The van der Waals surface area contributed by atoms with E-state index in [1.54, 1.807) is 6.20 Å². The fourth-order valence-electron chi connectivity index (χ4n) is 2.16. The number of nitrogens with two attached hydrogens (primary N) is 1. The Morgan fingerprint density at radius 3 is 2.65 bits per heavy atom. The zero-order chi connectivity index (χ0) is 13.9. The lowest BCUT2D eigenvalue weighted by molar-refractivity contribution is 0.0993. The topological polar surface area (TPSA) is 56.0 Å². The van der Waals surface area contributed by atoms with Gasteiger partial charge in [-0.3, -0.25) is 9.78 Å². The third kappa shape index (κ3) is 2.52. The van der Waals surface area contributed by atoms with Gasteiger partial charge in [0.05, 0.1) is 5.52 Å². The van der Waals surface area contributed by atoms with E-state index in [2.05, 4.69) is 4.98 Å². The molecule has 98 valence electrons. The summed E-state index contributed by atoms with van der Waals surface area (Å²) >= 11 is 0. The molecule has 0 saturated carbocycles. The summed E-state index contributed by atoms with van der Waals surface area (Å²) in [4.78, 5) is 16.6. The number of carbonyl (C=O) groups excluding carboxylic acids is 1. The number of benzene rings is 2. The zero-order valence-electron chi connectivity index (χ0n) is 10.9. The van der Waals surface area contributed by atoms with Gasteiger partial charge in [-0.1, -0.05) is 30.3 Å². The number of nitrogen functional groups attached to an aromatic ring is 1. The highest BCUT2D eigenvalue weighted by molar-refractivity contribution is 6.00. The second-order valence-corrected chi connectivity index (χ2v) is 4.75. The van der Waals surface area contributed by atoms with E-state index in [1.807, 2.05) is 54.6 Å². The first-order valence-corrected chi connectivity index (χ1v) is 6.45. The molecule has 0 aliphatic heterocycles. The number of carbonyl (C=O) groups is 1. The van der Waals surface area contributed by atoms with E-state index in [1.165, 1.54) is 0 Å². The molecule has 1 heterocycles. The molecule has 20 heavy (non-hydrogen) atoms. The second kappa shape index (κ2) is 5.13. The van der Waals surface area contributed by atoms with Gasteiger partial charge in [0, 0.05) is 29.3 Å². The van der Waals surface area contributed by atoms with Gasteiger partial charge in [0.1, 0.15) is 0 Å². The maximum Gasteiger partial charge on any atom is 0.167 e. The Labute approximate surface area is 117 Å². The van der Waals surface area contributed by atoms with Crippen LogP contribution in [0, 0.1) is 0 Å². The highest BCUT2D eigenvalue weighted by Crippen LogP contribution is 2.15. The largest absolute Gasteiger partial charge is 0.399 e. The molecule has 0 amide bonds. The van der Waals surface area contributed by atoms with Crippen molar-refractivity contribution in [2.24, 2.45) is 0 Å². The van der Waals surface area contributed by atoms with Crippen LogP contribution in [0.4, 0.5) is 5.69 Å². The fraction of sp³-hybridized carbons (Fsp3) is 0.0588. The van der Waals surface area contributed by atoms with Crippen molar-refractivity contribution in [3.63, 3.8) is 0 Å². The van der Waals surface area contributed by atoms with Crippen molar-refractivity contribution >= 4 is 22.4 Å². The van der Waals surface area contributed by atoms with Crippen molar-refractivity contribution in [1.82, 2.24) is 4.98 Å². The van der Waals surface area contributed by atoms with Crippen LogP contribution >= 0.6 is 0 Å². The van der Waals surface area contributed by atoms with Crippen LogP contribution in [0.1, 0.15) is 15.9 Å². The Balaban J connectivity index is 1.86. The van der Waals surface area contributed by atoms with E-state index in [-0.39, 0.29) is 5.78 Å². The van der Waals surface area contributed by atoms with Gasteiger partial charge in [-0.25, -0.2) is 0 Å². The number of Topliss-reactive ketones (excluding diaryl/α,β-unsaturated/α-hetero) is 1. The summed E-state index contributed by atoms with van der Waals surface area (Å²) in [7, 11) is 0. The number of aromatic nitrogens is 1. The summed E-state index contributed by atoms with van der Waals surface area (Å²) in [6, 6.07) is 16.9. The minimum atomic E-state index is 0.0855. The number of ketones is 1. The van der Waals surface area contributed by atoms with Crippen LogP contribution < -0.4 is 5.73 Å². The standard InChI is InChI=1S/C17H14N2O/c18-15-7-3-12(4-8-15)10-17(20)14-6-5-13-2-1-9-19-16(13)11-14/h1-9,11H,10,18H2. The molecule has 0 spiro atoms. The zero-order valence-corrected chi connectivity index (χ0v) is 10.9. The van der Waals surface area contributed by atoms with Gasteiger partial charge in [-0.15, -0.1) is 0 Å². The van der Waals surface area contributed by atoms with E-state index < -0.39 is 0 Å². The molecule has 3 aromatic rings. The first-order chi connectivity index (χ1) is 9.72.